The van der Waals surface area contributed by atoms with E-state index in [1.165, 1.54) is 24.4 Å². The standard InChI is InChI=1S/C15H18F3N3O3S/c1-3-10(9-20-25(2,22)23)21-13-6-7-19-14-8-11(4-5-12(13)14)24-15(16,17)18/h4-8,10,20H,3,9H2,1-2H3,(H,19,21). The highest BCUT2D eigenvalue weighted by molar-refractivity contribution is 7.88. The Kier molecular flexibility index (Phi) is 5.73. The summed E-state index contributed by atoms with van der Waals surface area (Å²) < 4.78 is 65.7. The van der Waals surface area contributed by atoms with Crippen molar-refractivity contribution in [2.75, 3.05) is 18.1 Å². The molecule has 6 nitrogen and oxygen atoms in total. The number of anilines is 1. The molecule has 0 aliphatic heterocycles. The quantitative estimate of drug-likeness (QED) is 0.776. The molecule has 2 N–H and O–H groups in total. The Labute approximate surface area is 143 Å². The minimum absolute atomic E-state index is 0.188. The summed E-state index contributed by atoms with van der Waals surface area (Å²) in [5, 5.41) is 3.79. The molecule has 0 bridgehead atoms. The molecule has 138 valence electrons. The second kappa shape index (κ2) is 7.44. The molecule has 10 heteroatoms. The SMILES string of the molecule is CCC(CNS(C)(=O)=O)Nc1ccnc2cc(OC(F)(F)F)ccc12. The predicted octanol–water partition coefficient (Wildman–Crippen LogP) is 2.87. The molecular weight excluding hydrogens is 359 g/mol. The van der Waals surface area contributed by atoms with E-state index in [9.17, 15) is 21.6 Å². The number of nitrogens with one attached hydrogen (secondary N) is 2. The van der Waals surface area contributed by atoms with Gasteiger partial charge in [-0.3, -0.25) is 4.98 Å². The predicted molar refractivity (Wildman–Crippen MR) is 89.0 cm³/mol. The van der Waals surface area contributed by atoms with E-state index in [0.29, 0.717) is 23.0 Å². The van der Waals surface area contributed by atoms with Crippen LogP contribution in [-0.4, -0.2) is 38.6 Å². The van der Waals surface area contributed by atoms with Gasteiger partial charge >= 0.3 is 6.36 Å². The van der Waals surface area contributed by atoms with E-state index in [4.69, 9.17) is 0 Å². The van der Waals surface area contributed by atoms with Gasteiger partial charge in [-0.1, -0.05) is 6.92 Å². The Hall–Kier alpha value is -2.07. The van der Waals surface area contributed by atoms with Crippen LogP contribution in [0.2, 0.25) is 0 Å². The smallest absolute Gasteiger partial charge is 0.406 e. The summed E-state index contributed by atoms with van der Waals surface area (Å²) in [5.41, 5.74) is 0.975. The highest BCUT2D eigenvalue weighted by Crippen LogP contribution is 2.29. The first-order valence-corrected chi connectivity index (χ1v) is 9.32. The summed E-state index contributed by atoms with van der Waals surface area (Å²) in [4.78, 5) is 4.05. The summed E-state index contributed by atoms with van der Waals surface area (Å²) in [6, 6.07) is 5.37. The average Bonchev–Trinajstić information content (AvgIpc) is 2.48. The molecule has 2 rings (SSSR count). The average molecular weight is 377 g/mol. The van der Waals surface area contributed by atoms with Crippen LogP contribution in [0.4, 0.5) is 18.9 Å². The number of benzene rings is 1. The summed E-state index contributed by atoms with van der Waals surface area (Å²) in [5.74, 6) is -0.351. The molecule has 0 amide bonds. The fraction of sp³-hybridized carbons (Fsp3) is 0.400. The number of ether oxygens (including phenoxy) is 1. The van der Waals surface area contributed by atoms with Crippen molar-refractivity contribution in [3.05, 3.63) is 30.5 Å². The number of sulfonamides is 1. The Morgan fingerprint density at radius 2 is 2.00 bits per heavy atom. The van der Waals surface area contributed by atoms with Gasteiger partial charge in [-0.2, -0.15) is 0 Å². The van der Waals surface area contributed by atoms with Crippen LogP contribution in [0.15, 0.2) is 30.5 Å². The molecule has 1 atom stereocenters. The highest BCUT2D eigenvalue weighted by atomic mass is 32.2. The van der Waals surface area contributed by atoms with Gasteiger partial charge in [-0.05, 0) is 24.6 Å². The Balaban J connectivity index is 2.23. The lowest BCUT2D eigenvalue weighted by atomic mass is 10.1. The van der Waals surface area contributed by atoms with Crippen molar-refractivity contribution in [1.29, 1.82) is 0 Å². The summed E-state index contributed by atoms with van der Waals surface area (Å²) in [6.07, 6.45) is -1.60. The molecule has 0 saturated carbocycles. The number of alkyl halides is 3. The van der Waals surface area contributed by atoms with E-state index in [1.807, 2.05) is 6.92 Å². The number of hydrogen-bond donors (Lipinski definition) is 2. The molecule has 0 aliphatic rings. The van der Waals surface area contributed by atoms with Crippen LogP contribution in [0.1, 0.15) is 13.3 Å². The summed E-state index contributed by atoms with van der Waals surface area (Å²) in [7, 11) is -3.31. The fourth-order valence-electron chi connectivity index (χ4n) is 2.22. The van der Waals surface area contributed by atoms with E-state index in [1.54, 1.807) is 6.07 Å². The molecule has 0 spiro atoms. The lowest BCUT2D eigenvalue weighted by Gasteiger charge is -2.19. The molecule has 25 heavy (non-hydrogen) atoms. The van der Waals surface area contributed by atoms with Gasteiger partial charge in [0, 0.05) is 35.9 Å². The van der Waals surface area contributed by atoms with Crippen molar-refractivity contribution < 1.29 is 26.3 Å². The van der Waals surface area contributed by atoms with Gasteiger partial charge in [0.25, 0.3) is 0 Å². The van der Waals surface area contributed by atoms with Crippen molar-refractivity contribution in [1.82, 2.24) is 9.71 Å². The number of rotatable bonds is 7. The third kappa shape index (κ3) is 6.05. The topological polar surface area (TPSA) is 80.3 Å². The minimum atomic E-state index is -4.77. The normalized spacial score (nSPS) is 13.6. The molecule has 0 fully saturated rings. The molecule has 1 heterocycles. The van der Waals surface area contributed by atoms with Crippen LogP contribution in [0, 0.1) is 0 Å². The van der Waals surface area contributed by atoms with Gasteiger partial charge in [-0.25, -0.2) is 13.1 Å². The van der Waals surface area contributed by atoms with Crippen LogP contribution < -0.4 is 14.8 Å². The van der Waals surface area contributed by atoms with Crippen molar-refractivity contribution in [2.45, 2.75) is 25.7 Å². The number of pyridine rings is 1. The zero-order valence-electron chi connectivity index (χ0n) is 13.6. The van der Waals surface area contributed by atoms with E-state index < -0.39 is 16.4 Å². The summed E-state index contributed by atoms with van der Waals surface area (Å²) in [6.45, 7) is 2.08. The van der Waals surface area contributed by atoms with E-state index in [2.05, 4.69) is 19.8 Å². The van der Waals surface area contributed by atoms with Crippen molar-refractivity contribution >= 4 is 26.6 Å². The third-order valence-corrected chi connectivity index (χ3v) is 4.08. The van der Waals surface area contributed by atoms with Gasteiger partial charge in [0.1, 0.15) is 5.75 Å². The number of nitrogens with zero attached hydrogens (tertiary/aromatic N) is 1. The zero-order valence-corrected chi connectivity index (χ0v) is 14.4. The Morgan fingerprint density at radius 3 is 2.60 bits per heavy atom. The number of aromatic nitrogens is 1. The zero-order chi connectivity index (χ0) is 18.7. The van der Waals surface area contributed by atoms with Crippen molar-refractivity contribution in [2.24, 2.45) is 0 Å². The second-order valence-electron chi connectivity index (χ2n) is 5.46. The first kappa shape index (κ1) is 19.3. The molecule has 2 aromatic rings. The molecule has 1 aromatic heterocycles. The maximum atomic E-state index is 12.3. The lowest BCUT2D eigenvalue weighted by Crippen LogP contribution is -2.35. The minimum Gasteiger partial charge on any atom is -0.406 e. The van der Waals surface area contributed by atoms with Gasteiger partial charge in [0.05, 0.1) is 11.8 Å². The van der Waals surface area contributed by atoms with Crippen molar-refractivity contribution in [3.63, 3.8) is 0 Å². The largest absolute Gasteiger partial charge is 0.573 e. The molecule has 0 radical (unpaired) electrons. The number of halogens is 3. The van der Waals surface area contributed by atoms with E-state index >= 15 is 0 Å². The summed E-state index contributed by atoms with van der Waals surface area (Å²) >= 11 is 0. The second-order valence-corrected chi connectivity index (χ2v) is 7.29. The maximum Gasteiger partial charge on any atom is 0.573 e. The van der Waals surface area contributed by atoms with Crippen LogP contribution in [0.25, 0.3) is 10.9 Å². The van der Waals surface area contributed by atoms with Crippen LogP contribution in [-0.2, 0) is 10.0 Å². The first-order chi connectivity index (χ1) is 11.6. The van der Waals surface area contributed by atoms with E-state index in [0.717, 1.165) is 6.26 Å². The molecule has 0 saturated heterocycles. The molecular formula is C15H18F3N3O3S. The number of hydrogen-bond acceptors (Lipinski definition) is 5. The van der Waals surface area contributed by atoms with Gasteiger partial charge in [-0.15, -0.1) is 13.2 Å². The van der Waals surface area contributed by atoms with Crippen LogP contribution in [0.3, 0.4) is 0 Å². The van der Waals surface area contributed by atoms with Crippen LogP contribution in [0.5, 0.6) is 5.75 Å². The van der Waals surface area contributed by atoms with Crippen molar-refractivity contribution in [3.8, 4) is 5.75 Å². The van der Waals surface area contributed by atoms with E-state index in [-0.39, 0.29) is 18.3 Å². The lowest BCUT2D eigenvalue weighted by molar-refractivity contribution is -0.274. The van der Waals surface area contributed by atoms with Crippen LogP contribution >= 0.6 is 0 Å². The number of fused-ring (bicyclic) bond motifs is 1. The Morgan fingerprint density at radius 1 is 1.28 bits per heavy atom. The third-order valence-electron chi connectivity index (χ3n) is 3.39. The maximum absolute atomic E-state index is 12.3. The van der Waals surface area contributed by atoms with Gasteiger partial charge < -0.3 is 10.1 Å². The molecule has 1 unspecified atom stereocenters. The van der Waals surface area contributed by atoms with Gasteiger partial charge in [0.2, 0.25) is 10.0 Å². The first-order valence-electron chi connectivity index (χ1n) is 7.43. The Bertz CT molecular complexity index is 841. The monoisotopic (exact) mass is 377 g/mol. The fourth-order valence-corrected chi connectivity index (χ4v) is 2.72. The highest BCUT2D eigenvalue weighted by Gasteiger charge is 2.31. The molecule has 1 aromatic carbocycles. The van der Waals surface area contributed by atoms with Gasteiger partial charge in [0.15, 0.2) is 0 Å². The molecule has 0 aliphatic carbocycles.